The van der Waals surface area contributed by atoms with Gasteiger partial charge >= 0.3 is 0 Å². The van der Waals surface area contributed by atoms with Gasteiger partial charge in [-0.05, 0) is 70.8 Å². The molecule has 12 aromatic rings. The first kappa shape index (κ1) is 35.5. The Hall–Kier alpha value is -8.41. The van der Waals surface area contributed by atoms with Gasteiger partial charge in [-0.3, -0.25) is 4.98 Å². The molecule has 0 amide bonds. The van der Waals surface area contributed by atoms with E-state index in [-0.39, 0.29) is 0 Å². The maximum atomic E-state index is 6.61. The number of benzene rings is 8. The summed E-state index contributed by atoms with van der Waals surface area (Å²) in [5, 5.41) is 4.34. The minimum atomic E-state index is 0.651. The first-order valence-electron chi connectivity index (χ1n) is 20.7. The van der Waals surface area contributed by atoms with E-state index in [9.17, 15) is 0 Å². The second-order valence-electron chi connectivity index (χ2n) is 15.6. The van der Waals surface area contributed by atoms with Gasteiger partial charge in [-0.25, -0.2) is 9.97 Å². The maximum Gasteiger partial charge on any atom is 0.160 e. The molecule has 8 aromatic carbocycles. The van der Waals surface area contributed by atoms with E-state index in [2.05, 4.69) is 151 Å². The van der Waals surface area contributed by atoms with E-state index in [1.807, 2.05) is 66.9 Å². The van der Waals surface area contributed by atoms with Crippen LogP contribution in [0.1, 0.15) is 0 Å². The summed E-state index contributed by atoms with van der Waals surface area (Å²) in [6.07, 6.45) is 1.82. The van der Waals surface area contributed by atoms with E-state index < -0.39 is 0 Å². The number of pyridine rings is 1. The third kappa shape index (κ3) is 6.23. The minimum absolute atomic E-state index is 0.651. The van der Waals surface area contributed by atoms with Crippen LogP contribution in [0, 0.1) is 0 Å². The Morgan fingerprint density at radius 2 is 0.758 bits per heavy atom. The summed E-state index contributed by atoms with van der Waals surface area (Å²) in [6, 6.07) is 71.4. The van der Waals surface area contributed by atoms with Crippen LogP contribution in [0.2, 0.25) is 0 Å². The van der Waals surface area contributed by atoms with Gasteiger partial charge in [0, 0.05) is 61.1 Å². The Bertz CT molecular complexity index is 3480. The first-order valence-corrected chi connectivity index (χ1v) is 20.7. The molecule has 0 aliphatic carbocycles. The zero-order valence-corrected chi connectivity index (χ0v) is 33.4. The second kappa shape index (κ2) is 14.7. The highest BCUT2D eigenvalue weighted by Gasteiger charge is 2.19. The summed E-state index contributed by atoms with van der Waals surface area (Å²) < 4.78 is 13.2. The Morgan fingerprint density at radius 3 is 1.32 bits per heavy atom. The average Bonchev–Trinajstić information content (AvgIpc) is 3.93. The van der Waals surface area contributed by atoms with Crippen molar-refractivity contribution in [3.05, 3.63) is 212 Å². The van der Waals surface area contributed by atoms with Crippen LogP contribution in [0.4, 0.5) is 0 Å². The van der Waals surface area contributed by atoms with E-state index in [1.54, 1.807) is 0 Å². The number of aromatic nitrogens is 3. The Balaban J connectivity index is 1.03. The van der Waals surface area contributed by atoms with E-state index >= 15 is 0 Å². The molecule has 4 heterocycles. The van der Waals surface area contributed by atoms with E-state index in [0.717, 1.165) is 117 Å². The van der Waals surface area contributed by atoms with Crippen molar-refractivity contribution in [3.63, 3.8) is 0 Å². The van der Waals surface area contributed by atoms with Crippen LogP contribution < -0.4 is 0 Å². The summed E-state index contributed by atoms with van der Waals surface area (Å²) >= 11 is 0. The molecule has 0 spiro atoms. The molecule has 0 bridgehead atoms. The largest absolute Gasteiger partial charge is 0.455 e. The number of rotatable bonds is 7. The molecule has 0 aliphatic heterocycles. The lowest BCUT2D eigenvalue weighted by atomic mass is 9.93. The van der Waals surface area contributed by atoms with Gasteiger partial charge < -0.3 is 8.83 Å². The molecule has 290 valence electrons. The van der Waals surface area contributed by atoms with Crippen molar-refractivity contribution in [1.29, 1.82) is 0 Å². The monoisotopic (exact) mass is 793 g/mol. The predicted molar refractivity (Wildman–Crippen MR) is 252 cm³/mol. The molecule has 5 heteroatoms. The van der Waals surface area contributed by atoms with E-state index in [0.29, 0.717) is 5.82 Å². The van der Waals surface area contributed by atoms with Gasteiger partial charge in [0.25, 0.3) is 0 Å². The highest BCUT2D eigenvalue weighted by Crippen LogP contribution is 2.42. The third-order valence-electron chi connectivity index (χ3n) is 11.8. The van der Waals surface area contributed by atoms with E-state index in [1.165, 1.54) is 0 Å². The topological polar surface area (TPSA) is 65.0 Å². The van der Waals surface area contributed by atoms with Gasteiger partial charge in [-0.2, -0.15) is 0 Å². The van der Waals surface area contributed by atoms with Crippen LogP contribution >= 0.6 is 0 Å². The summed E-state index contributed by atoms with van der Waals surface area (Å²) in [6.45, 7) is 0. The number of nitrogens with zero attached hydrogens (tertiary/aromatic N) is 3. The van der Waals surface area contributed by atoms with Gasteiger partial charge in [-0.1, -0.05) is 158 Å². The van der Waals surface area contributed by atoms with Crippen molar-refractivity contribution < 1.29 is 8.83 Å². The molecule has 0 radical (unpaired) electrons. The van der Waals surface area contributed by atoms with Gasteiger partial charge in [-0.15, -0.1) is 0 Å². The van der Waals surface area contributed by atoms with E-state index in [4.69, 9.17) is 18.8 Å². The minimum Gasteiger partial charge on any atom is -0.455 e. The lowest BCUT2D eigenvalue weighted by Gasteiger charge is -2.14. The summed E-state index contributed by atoms with van der Waals surface area (Å²) in [5.74, 6) is 0.651. The molecular formula is C57H35N3O2. The van der Waals surface area contributed by atoms with Crippen molar-refractivity contribution in [3.8, 4) is 78.5 Å². The van der Waals surface area contributed by atoms with Crippen LogP contribution in [-0.4, -0.2) is 15.0 Å². The highest BCUT2D eigenvalue weighted by molar-refractivity contribution is 6.11. The van der Waals surface area contributed by atoms with Crippen molar-refractivity contribution in [2.45, 2.75) is 0 Å². The molecule has 0 unspecified atom stereocenters. The molecule has 0 aliphatic rings. The summed E-state index contributed by atoms with van der Waals surface area (Å²) in [7, 11) is 0. The maximum absolute atomic E-state index is 6.61. The average molecular weight is 794 g/mol. The SMILES string of the molecule is c1ccc(-c2nc(-c3ccc(-c4ccc(-c5ccccn5)cc4)cc3)cc(-c3cc(-c4cccc5c4oc4ccccc45)cc(-c4cccc5c4oc4ccccc45)c3)n2)cc1. The molecule has 0 atom stereocenters. The van der Waals surface area contributed by atoms with Crippen LogP contribution in [0.5, 0.6) is 0 Å². The lowest BCUT2D eigenvalue weighted by Crippen LogP contribution is -1.96. The molecule has 0 saturated heterocycles. The molecule has 5 nitrogen and oxygen atoms in total. The van der Waals surface area contributed by atoms with Crippen LogP contribution in [0.3, 0.4) is 0 Å². The van der Waals surface area contributed by atoms with Crippen LogP contribution in [-0.2, 0) is 0 Å². The molecule has 0 N–H and O–H groups in total. The number of furan rings is 2. The Kier molecular flexibility index (Phi) is 8.42. The second-order valence-corrected chi connectivity index (χ2v) is 15.6. The van der Waals surface area contributed by atoms with Crippen molar-refractivity contribution in [2.24, 2.45) is 0 Å². The molecule has 0 saturated carbocycles. The Labute approximate surface area is 357 Å². The van der Waals surface area contributed by atoms with Crippen molar-refractivity contribution in [2.75, 3.05) is 0 Å². The standard InChI is InChI=1S/C57H35N3O2/c1-2-12-40(13-3-1)57-59-51(39-29-25-37(26-30-39)36-23-27-38(28-24-36)50-20-8-9-31-58-50)35-52(60-57)43-33-41(44-16-10-18-48-46-14-4-6-21-53(46)61-55(44)48)32-42(34-43)45-17-11-19-49-47-15-5-7-22-54(47)62-56(45)49/h1-35H. The van der Waals surface area contributed by atoms with Crippen LogP contribution in [0.25, 0.3) is 122 Å². The number of hydrogen-bond acceptors (Lipinski definition) is 5. The number of hydrogen-bond donors (Lipinski definition) is 0. The van der Waals surface area contributed by atoms with Gasteiger partial charge in [0.15, 0.2) is 5.82 Å². The zero-order chi connectivity index (χ0) is 41.0. The molecule has 62 heavy (non-hydrogen) atoms. The molecule has 12 rings (SSSR count). The number of para-hydroxylation sites is 4. The van der Waals surface area contributed by atoms with Crippen molar-refractivity contribution in [1.82, 2.24) is 15.0 Å². The molecule has 4 aromatic heterocycles. The van der Waals surface area contributed by atoms with Crippen LogP contribution in [0.15, 0.2) is 221 Å². The smallest absolute Gasteiger partial charge is 0.160 e. The first-order chi connectivity index (χ1) is 30.7. The van der Waals surface area contributed by atoms with Gasteiger partial charge in [0.05, 0.1) is 17.1 Å². The fraction of sp³-hybridized carbons (Fsp3) is 0. The quantitative estimate of drug-likeness (QED) is 0.161. The molecule has 0 fully saturated rings. The normalized spacial score (nSPS) is 11.5. The van der Waals surface area contributed by atoms with Gasteiger partial charge in [0.1, 0.15) is 22.3 Å². The summed E-state index contributed by atoms with van der Waals surface area (Å²) in [4.78, 5) is 15.0. The number of fused-ring (bicyclic) bond motifs is 6. The summed E-state index contributed by atoms with van der Waals surface area (Å²) in [5.41, 5.74) is 16.2. The van der Waals surface area contributed by atoms with Gasteiger partial charge in [0.2, 0.25) is 0 Å². The Morgan fingerprint density at radius 1 is 0.290 bits per heavy atom. The highest BCUT2D eigenvalue weighted by atomic mass is 16.3. The molecular weight excluding hydrogens is 759 g/mol. The predicted octanol–water partition coefficient (Wildman–Crippen LogP) is 15.3. The fourth-order valence-electron chi connectivity index (χ4n) is 8.70. The van der Waals surface area contributed by atoms with Crippen molar-refractivity contribution >= 4 is 43.9 Å². The third-order valence-corrected chi connectivity index (χ3v) is 11.8. The zero-order valence-electron chi connectivity index (χ0n) is 33.4. The lowest BCUT2D eigenvalue weighted by molar-refractivity contribution is 0.670. The fourth-order valence-corrected chi connectivity index (χ4v) is 8.70.